The molecule has 0 aromatic heterocycles. The van der Waals surface area contributed by atoms with Crippen molar-refractivity contribution < 1.29 is 24.5 Å². The van der Waals surface area contributed by atoms with Crippen molar-refractivity contribution in [1.82, 2.24) is 5.32 Å². The number of aliphatic carboxylic acids is 1. The zero-order valence-electron chi connectivity index (χ0n) is 15.0. The second kappa shape index (κ2) is 5.35. The van der Waals surface area contributed by atoms with Gasteiger partial charge in [-0.3, -0.25) is 0 Å². The smallest absolute Gasteiger partial charge is 0.408 e. The van der Waals surface area contributed by atoms with Crippen molar-refractivity contribution >= 4 is 12.1 Å². The van der Waals surface area contributed by atoms with Gasteiger partial charge in [0, 0.05) is 5.41 Å². The van der Waals surface area contributed by atoms with Gasteiger partial charge >= 0.3 is 12.1 Å². The van der Waals surface area contributed by atoms with E-state index in [-0.39, 0.29) is 0 Å². The van der Waals surface area contributed by atoms with Crippen LogP contribution in [0.2, 0.25) is 0 Å². The first-order chi connectivity index (χ1) is 10.9. The Hall–Kier alpha value is -1.30. The van der Waals surface area contributed by atoms with Gasteiger partial charge in [0.25, 0.3) is 0 Å². The lowest BCUT2D eigenvalue weighted by atomic mass is 9.43. The third-order valence-corrected chi connectivity index (χ3v) is 6.31. The van der Waals surface area contributed by atoms with Crippen LogP contribution in [0.5, 0.6) is 0 Å². The van der Waals surface area contributed by atoms with Crippen LogP contribution in [0.25, 0.3) is 0 Å². The van der Waals surface area contributed by atoms with E-state index in [0.717, 1.165) is 25.7 Å². The highest BCUT2D eigenvalue weighted by Crippen LogP contribution is 2.64. The first kappa shape index (κ1) is 17.5. The fourth-order valence-electron chi connectivity index (χ4n) is 5.64. The molecule has 0 radical (unpaired) electrons. The summed E-state index contributed by atoms with van der Waals surface area (Å²) >= 11 is 0. The van der Waals surface area contributed by atoms with Gasteiger partial charge < -0.3 is 20.3 Å². The average Bonchev–Trinajstić information content (AvgIpc) is 2.37. The Morgan fingerprint density at radius 3 is 2.17 bits per heavy atom. The van der Waals surface area contributed by atoms with Gasteiger partial charge in [0.1, 0.15) is 11.6 Å². The van der Waals surface area contributed by atoms with Crippen LogP contribution in [0.15, 0.2) is 0 Å². The number of ether oxygens (including phenoxy) is 1. The van der Waals surface area contributed by atoms with Crippen LogP contribution < -0.4 is 5.32 Å². The number of amides is 1. The molecular weight excluding hydrogens is 310 g/mol. The number of hydrogen-bond acceptors (Lipinski definition) is 4. The zero-order chi connectivity index (χ0) is 17.9. The van der Waals surface area contributed by atoms with Crippen LogP contribution in [-0.4, -0.2) is 39.5 Å². The first-order valence-electron chi connectivity index (χ1n) is 8.88. The number of carboxylic acid groups (broad SMARTS) is 1. The molecule has 0 saturated heterocycles. The van der Waals surface area contributed by atoms with Crippen LogP contribution in [0.4, 0.5) is 4.79 Å². The molecule has 3 N–H and O–H groups in total. The van der Waals surface area contributed by atoms with E-state index in [0.29, 0.717) is 24.2 Å². The number of carboxylic acids is 1. The fourth-order valence-corrected chi connectivity index (χ4v) is 5.64. The minimum absolute atomic E-state index is 0.332. The summed E-state index contributed by atoms with van der Waals surface area (Å²) in [6, 6.07) is -1.02. The number of alkyl carbamates (subject to hydrolysis) is 1. The monoisotopic (exact) mass is 339 g/mol. The van der Waals surface area contributed by atoms with E-state index in [2.05, 4.69) is 12.2 Å². The Morgan fingerprint density at radius 1 is 1.17 bits per heavy atom. The molecule has 0 aromatic rings. The number of carbonyl (C=O) groups excluding carboxylic acids is 1. The van der Waals surface area contributed by atoms with Gasteiger partial charge in [0.15, 0.2) is 0 Å². The maximum atomic E-state index is 12.2. The predicted molar refractivity (Wildman–Crippen MR) is 87.4 cm³/mol. The molecule has 6 heteroatoms. The third kappa shape index (κ3) is 3.01. The lowest BCUT2D eigenvalue weighted by molar-refractivity contribution is -0.198. The normalized spacial score (nSPS) is 41.8. The van der Waals surface area contributed by atoms with E-state index in [1.807, 2.05) is 0 Å². The standard InChI is InChI=1S/C18H29NO5/c1-10-11-5-17(6-12(10)8-18(23,7-11)9-17)13(14(20)21)19-15(22)24-16(2,3)4/h10-13,23H,5-9H2,1-4H3,(H,19,22)(H,20,21)/t10?,11?,12?,13-,17?,18?/m1/s1. The van der Waals surface area contributed by atoms with Gasteiger partial charge in [0.2, 0.25) is 0 Å². The SMILES string of the molecule is CC1C2CC3(O)CC1CC([C@H](NC(=O)OC(C)(C)C)C(=O)O)(C2)C3. The van der Waals surface area contributed by atoms with Crippen LogP contribution in [0.1, 0.15) is 59.8 Å². The van der Waals surface area contributed by atoms with Crippen LogP contribution >= 0.6 is 0 Å². The molecule has 0 aliphatic heterocycles. The Kier molecular flexibility index (Phi) is 3.90. The van der Waals surface area contributed by atoms with E-state index < -0.39 is 34.7 Å². The van der Waals surface area contributed by atoms with Crippen LogP contribution in [0.3, 0.4) is 0 Å². The van der Waals surface area contributed by atoms with E-state index in [1.165, 1.54) is 0 Å². The molecule has 4 rings (SSSR count). The molecular formula is C18H29NO5. The molecule has 2 unspecified atom stereocenters. The van der Waals surface area contributed by atoms with E-state index >= 15 is 0 Å². The van der Waals surface area contributed by atoms with E-state index in [9.17, 15) is 19.8 Å². The van der Waals surface area contributed by atoms with Crippen LogP contribution in [-0.2, 0) is 9.53 Å². The summed E-state index contributed by atoms with van der Waals surface area (Å²) in [6.07, 6.45) is 2.76. The predicted octanol–water partition coefficient (Wildman–Crippen LogP) is 2.54. The van der Waals surface area contributed by atoms with Crippen molar-refractivity contribution in [2.45, 2.75) is 77.0 Å². The van der Waals surface area contributed by atoms with Crippen molar-refractivity contribution in [2.24, 2.45) is 23.2 Å². The molecule has 3 atom stereocenters. The van der Waals surface area contributed by atoms with Gasteiger partial charge in [0.05, 0.1) is 5.60 Å². The minimum Gasteiger partial charge on any atom is -0.480 e. The lowest BCUT2D eigenvalue weighted by Gasteiger charge is -2.63. The molecule has 0 aromatic carbocycles. The second-order valence-electron chi connectivity index (χ2n) is 9.38. The molecule has 4 aliphatic carbocycles. The molecule has 136 valence electrons. The fraction of sp³-hybridized carbons (Fsp3) is 0.889. The lowest BCUT2D eigenvalue weighted by Crippen LogP contribution is -2.66. The van der Waals surface area contributed by atoms with Gasteiger partial charge in [-0.15, -0.1) is 0 Å². The largest absolute Gasteiger partial charge is 0.480 e. The van der Waals surface area contributed by atoms with Crippen molar-refractivity contribution in [3.8, 4) is 0 Å². The molecule has 0 heterocycles. The number of hydrogen-bond donors (Lipinski definition) is 3. The molecule has 4 bridgehead atoms. The van der Waals surface area contributed by atoms with E-state index in [4.69, 9.17) is 4.74 Å². The van der Waals surface area contributed by atoms with E-state index in [1.54, 1.807) is 20.8 Å². The number of nitrogens with one attached hydrogen (secondary N) is 1. The summed E-state index contributed by atoms with van der Waals surface area (Å²) < 4.78 is 5.25. The van der Waals surface area contributed by atoms with Crippen molar-refractivity contribution in [2.75, 3.05) is 0 Å². The van der Waals surface area contributed by atoms with Gasteiger partial charge in [-0.1, -0.05) is 6.92 Å². The summed E-state index contributed by atoms with van der Waals surface area (Å²) in [7, 11) is 0. The number of rotatable bonds is 3. The average molecular weight is 339 g/mol. The molecule has 1 amide bonds. The zero-order valence-corrected chi connectivity index (χ0v) is 15.0. The Labute approximate surface area is 143 Å². The maximum Gasteiger partial charge on any atom is 0.408 e. The Morgan fingerprint density at radius 2 is 1.71 bits per heavy atom. The molecule has 4 saturated carbocycles. The number of carbonyl (C=O) groups is 2. The van der Waals surface area contributed by atoms with Crippen LogP contribution in [0, 0.1) is 23.2 Å². The first-order valence-corrected chi connectivity index (χ1v) is 8.88. The summed E-state index contributed by atoms with van der Waals surface area (Å²) in [4.78, 5) is 24.1. The highest BCUT2D eigenvalue weighted by atomic mass is 16.6. The van der Waals surface area contributed by atoms with Gasteiger partial charge in [-0.2, -0.15) is 0 Å². The molecule has 0 spiro atoms. The number of aliphatic hydroxyl groups is 1. The van der Waals surface area contributed by atoms with Gasteiger partial charge in [-0.05, 0) is 70.6 Å². The van der Waals surface area contributed by atoms with Gasteiger partial charge in [-0.25, -0.2) is 9.59 Å². The highest BCUT2D eigenvalue weighted by molar-refractivity contribution is 5.81. The minimum atomic E-state index is -1.04. The van der Waals surface area contributed by atoms with Crippen molar-refractivity contribution in [3.05, 3.63) is 0 Å². The highest BCUT2D eigenvalue weighted by Gasteiger charge is 2.63. The second-order valence-corrected chi connectivity index (χ2v) is 9.38. The summed E-state index contributed by atoms with van der Waals surface area (Å²) in [5.41, 5.74) is -2.03. The molecule has 6 nitrogen and oxygen atoms in total. The van der Waals surface area contributed by atoms with Crippen molar-refractivity contribution in [1.29, 1.82) is 0 Å². The summed E-state index contributed by atoms with van der Waals surface area (Å²) in [6.45, 7) is 7.45. The molecule has 24 heavy (non-hydrogen) atoms. The molecule has 4 aliphatic rings. The Balaban J connectivity index is 1.84. The Bertz CT molecular complexity index is 536. The van der Waals surface area contributed by atoms with Crippen molar-refractivity contribution in [3.63, 3.8) is 0 Å². The summed E-state index contributed by atoms with van der Waals surface area (Å²) in [5.74, 6) is 0.130. The quantitative estimate of drug-likeness (QED) is 0.734. The topological polar surface area (TPSA) is 95.9 Å². The molecule has 4 fully saturated rings. The summed E-state index contributed by atoms with van der Waals surface area (Å²) in [5, 5.41) is 23.3. The third-order valence-electron chi connectivity index (χ3n) is 6.31. The maximum absolute atomic E-state index is 12.2.